The standard InChI is InChI=1S/C28H30Cl2N4O5/c1-28(2)37-17-20(39-28)15-32-12-11-25(31)33-27(36)23(13-18-7-3-4-8-21(18)29)34-16-19(14-26(34)35)38-24-10-6-5-9-22(24)30/h3-12,14,20,23,32H,13,15-17H2,1-2H3,(H2,31,33,36)/b12-11-/t20-,23+/m1/s1. The summed E-state index contributed by atoms with van der Waals surface area (Å²) >= 11 is 12.6. The van der Waals surface area contributed by atoms with Crippen LogP contribution in [-0.2, 0) is 25.5 Å². The van der Waals surface area contributed by atoms with Crippen molar-refractivity contribution in [2.24, 2.45) is 0 Å². The van der Waals surface area contributed by atoms with Crippen LogP contribution in [0.5, 0.6) is 5.75 Å². The third-order valence-electron chi connectivity index (χ3n) is 6.06. The Bertz CT molecular complexity index is 1300. The van der Waals surface area contributed by atoms with Crippen LogP contribution in [0.2, 0.25) is 10.0 Å². The average Bonchev–Trinajstić information content (AvgIpc) is 3.43. The zero-order valence-corrected chi connectivity index (χ0v) is 23.1. The molecule has 4 rings (SSSR count). The fraction of sp³-hybridized carbons (Fsp3) is 0.321. The van der Waals surface area contributed by atoms with Gasteiger partial charge in [-0.05, 0) is 43.7 Å². The van der Waals surface area contributed by atoms with Crippen molar-refractivity contribution in [1.82, 2.24) is 15.5 Å². The molecule has 2 atom stereocenters. The first kappa shape index (κ1) is 28.6. The normalized spacial score (nSPS) is 19.2. The lowest BCUT2D eigenvalue weighted by Crippen LogP contribution is -2.50. The average molecular weight is 573 g/mol. The summed E-state index contributed by atoms with van der Waals surface area (Å²) < 4.78 is 17.1. The highest BCUT2D eigenvalue weighted by Crippen LogP contribution is 2.28. The van der Waals surface area contributed by atoms with Crippen molar-refractivity contribution in [2.75, 3.05) is 19.7 Å². The summed E-state index contributed by atoms with van der Waals surface area (Å²) in [7, 11) is 0. The van der Waals surface area contributed by atoms with E-state index in [0.29, 0.717) is 40.3 Å². The Morgan fingerprint density at radius 2 is 1.92 bits per heavy atom. The van der Waals surface area contributed by atoms with Crippen LogP contribution in [0.3, 0.4) is 0 Å². The van der Waals surface area contributed by atoms with Gasteiger partial charge in [0.1, 0.15) is 29.5 Å². The Labute approximate surface area is 237 Å². The maximum absolute atomic E-state index is 13.4. The quantitative estimate of drug-likeness (QED) is 0.292. The monoisotopic (exact) mass is 572 g/mol. The molecule has 0 aromatic heterocycles. The maximum Gasteiger partial charge on any atom is 0.251 e. The topological polar surface area (TPSA) is 113 Å². The first-order valence-corrected chi connectivity index (χ1v) is 13.1. The van der Waals surface area contributed by atoms with Crippen molar-refractivity contribution in [1.29, 1.82) is 5.41 Å². The first-order valence-electron chi connectivity index (χ1n) is 12.4. The molecule has 2 heterocycles. The van der Waals surface area contributed by atoms with Crippen LogP contribution in [0.15, 0.2) is 72.6 Å². The van der Waals surface area contributed by atoms with E-state index < -0.39 is 23.6 Å². The maximum atomic E-state index is 13.4. The van der Waals surface area contributed by atoms with E-state index in [1.54, 1.807) is 48.7 Å². The molecule has 2 aliphatic heterocycles. The molecule has 9 nitrogen and oxygen atoms in total. The van der Waals surface area contributed by atoms with Gasteiger partial charge in [0.05, 0.1) is 18.2 Å². The number of hydrogen-bond donors (Lipinski definition) is 3. The predicted molar refractivity (Wildman–Crippen MR) is 149 cm³/mol. The molecule has 39 heavy (non-hydrogen) atoms. The van der Waals surface area contributed by atoms with Crippen LogP contribution < -0.4 is 15.4 Å². The smallest absolute Gasteiger partial charge is 0.251 e. The summed E-state index contributed by atoms with van der Waals surface area (Å²) in [6, 6.07) is 13.1. The summed E-state index contributed by atoms with van der Waals surface area (Å²) in [6.45, 7) is 4.70. The number of hydrogen-bond acceptors (Lipinski definition) is 7. The zero-order valence-electron chi connectivity index (χ0n) is 21.6. The molecule has 0 aliphatic carbocycles. The second kappa shape index (κ2) is 12.7. The first-order chi connectivity index (χ1) is 18.6. The van der Waals surface area contributed by atoms with Crippen molar-refractivity contribution in [2.45, 2.75) is 38.2 Å². The SMILES string of the molecule is CC1(C)OC[C@@H](CN/C=C\C(=N)NC(=O)[C@H](Cc2ccccc2Cl)N2CC(Oc3ccccc3Cl)=CC2=O)O1. The van der Waals surface area contributed by atoms with Gasteiger partial charge >= 0.3 is 0 Å². The minimum absolute atomic E-state index is 0.0527. The molecule has 0 radical (unpaired) electrons. The Morgan fingerprint density at radius 3 is 2.62 bits per heavy atom. The molecule has 11 heteroatoms. The molecule has 2 amide bonds. The molecule has 0 spiro atoms. The van der Waals surface area contributed by atoms with Gasteiger partial charge in [0.15, 0.2) is 5.79 Å². The number of nitrogens with zero attached hydrogens (tertiary/aromatic N) is 1. The van der Waals surface area contributed by atoms with Gasteiger partial charge in [-0.3, -0.25) is 15.0 Å². The number of amidine groups is 1. The molecule has 2 aromatic rings. The van der Waals surface area contributed by atoms with Crippen LogP contribution in [-0.4, -0.2) is 60.2 Å². The number of amides is 2. The summed E-state index contributed by atoms with van der Waals surface area (Å²) in [4.78, 5) is 27.7. The number of rotatable bonds is 10. The number of para-hydroxylation sites is 1. The van der Waals surface area contributed by atoms with Crippen LogP contribution >= 0.6 is 23.2 Å². The summed E-state index contributed by atoms with van der Waals surface area (Å²) in [6.07, 6.45) is 4.33. The van der Waals surface area contributed by atoms with Gasteiger partial charge < -0.3 is 29.7 Å². The molecular formula is C28H30Cl2N4O5. The molecule has 3 N–H and O–H groups in total. The van der Waals surface area contributed by atoms with Crippen molar-refractivity contribution < 1.29 is 23.8 Å². The van der Waals surface area contributed by atoms with Gasteiger partial charge in [-0.1, -0.05) is 53.5 Å². The number of ether oxygens (including phenoxy) is 3. The lowest BCUT2D eigenvalue weighted by Gasteiger charge is -2.27. The lowest BCUT2D eigenvalue weighted by molar-refractivity contribution is -0.137. The van der Waals surface area contributed by atoms with Crippen LogP contribution in [0.25, 0.3) is 0 Å². The second-order valence-electron chi connectivity index (χ2n) is 9.52. The van der Waals surface area contributed by atoms with Gasteiger partial charge in [-0.15, -0.1) is 0 Å². The molecule has 2 aliphatic rings. The number of carbonyl (C=O) groups is 2. The highest BCUT2D eigenvalue weighted by atomic mass is 35.5. The van der Waals surface area contributed by atoms with Crippen molar-refractivity contribution in [3.63, 3.8) is 0 Å². The highest BCUT2D eigenvalue weighted by Gasteiger charge is 2.35. The summed E-state index contributed by atoms with van der Waals surface area (Å²) in [5.41, 5.74) is 0.693. The fourth-order valence-corrected chi connectivity index (χ4v) is 4.57. The number of nitrogens with one attached hydrogen (secondary N) is 3. The lowest BCUT2D eigenvalue weighted by atomic mass is 10.0. The van der Waals surface area contributed by atoms with Gasteiger partial charge in [-0.2, -0.15) is 0 Å². The molecule has 2 aromatic carbocycles. The molecule has 0 saturated carbocycles. The molecule has 0 bridgehead atoms. The second-order valence-corrected chi connectivity index (χ2v) is 10.3. The van der Waals surface area contributed by atoms with E-state index >= 15 is 0 Å². The van der Waals surface area contributed by atoms with Gasteiger partial charge in [0.25, 0.3) is 5.91 Å². The van der Waals surface area contributed by atoms with Crippen molar-refractivity contribution >= 4 is 40.9 Å². The van der Waals surface area contributed by atoms with E-state index in [4.69, 9.17) is 42.8 Å². The van der Waals surface area contributed by atoms with Gasteiger partial charge in [0.2, 0.25) is 5.91 Å². The predicted octanol–water partition coefficient (Wildman–Crippen LogP) is 4.06. The molecule has 0 unspecified atom stereocenters. The number of benzene rings is 2. The molecule has 206 valence electrons. The Balaban J connectivity index is 1.40. The van der Waals surface area contributed by atoms with Crippen LogP contribution in [0, 0.1) is 5.41 Å². The van der Waals surface area contributed by atoms with E-state index in [-0.39, 0.29) is 24.9 Å². The third-order valence-corrected chi connectivity index (χ3v) is 6.74. The number of halogens is 2. The highest BCUT2D eigenvalue weighted by molar-refractivity contribution is 6.32. The van der Waals surface area contributed by atoms with E-state index in [2.05, 4.69) is 10.6 Å². The zero-order chi connectivity index (χ0) is 28.0. The summed E-state index contributed by atoms with van der Waals surface area (Å²) in [5, 5.41) is 14.7. The summed E-state index contributed by atoms with van der Waals surface area (Å²) in [5.74, 6) is -0.926. The Kier molecular flexibility index (Phi) is 9.29. The van der Waals surface area contributed by atoms with E-state index in [1.807, 2.05) is 19.9 Å². The largest absolute Gasteiger partial charge is 0.458 e. The molecule has 1 fully saturated rings. The van der Waals surface area contributed by atoms with Crippen molar-refractivity contribution in [3.8, 4) is 5.75 Å². The van der Waals surface area contributed by atoms with Crippen LogP contribution in [0.1, 0.15) is 19.4 Å². The van der Waals surface area contributed by atoms with Gasteiger partial charge in [0, 0.05) is 30.3 Å². The van der Waals surface area contributed by atoms with E-state index in [0.717, 1.165) is 0 Å². The Hall–Kier alpha value is -3.37. The minimum Gasteiger partial charge on any atom is -0.458 e. The number of carbonyl (C=O) groups excluding carboxylic acids is 2. The van der Waals surface area contributed by atoms with Crippen LogP contribution in [0.4, 0.5) is 0 Å². The van der Waals surface area contributed by atoms with Gasteiger partial charge in [-0.25, -0.2) is 0 Å². The fourth-order valence-electron chi connectivity index (χ4n) is 4.19. The molecule has 1 saturated heterocycles. The van der Waals surface area contributed by atoms with Crippen molar-refractivity contribution in [3.05, 3.63) is 88.3 Å². The van der Waals surface area contributed by atoms with E-state index in [1.165, 1.54) is 17.1 Å². The minimum atomic E-state index is -0.950. The molecular weight excluding hydrogens is 543 g/mol. The van der Waals surface area contributed by atoms with E-state index in [9.17, 15) is 9.59 Å². The Morgan fingerprint density at radius 1 is 1.21 bits per heavy atom. The third kappa shape index (κ3) is 7.83.